The van der Waals surface area contributed by atoms with Crippen LogP contribution in [0.25, 0.3) is 0 Å². The highest BCUT2D eigenvalue weighted by atomic mass is 19.4. The van der Waals surface area contributed by atoms with Gasteiger partial charge in [-0.05, 0) is 19.1 Å². The highest BCUT2D eigenvalue weighted by Crippen LogP contribution is 2.55. The lowest BCUT2D eigenvalue weighted by atomic mass is 9.77. The van der Waals surface area contributed by atoms with E-state index in [9.17, 15) is 27.2 Å². The van der Waals surface area contributed by atoms with Crippen LogP contribution in [0.15, 0.2) is 30.5 Å². The van der Waals surface area contributed by atoms with E-state index in [4.69, 9.17) is 14.2 Å². The molecular formula is C28H33F5N4O5. The van der Waals surface area contributed by atoms with Gasteiger partial charge < -0.3 is 24.4 Å². The fraction of sp³-hybridized carbons (Fsp3) is 0.536. The van der Waals surface area contributed by atoms with E-state index < -0.39 is 53.0 Å². The minimum atomic E-state index is -4.90. The molecule has 1 aromatic heterocycles. The van der Waals surface area contributed by atoms with Gasteiger partial charge in [-0.25, -0.2) is 9.37 Å². The molecule has 0 spiro atoms. The number of pyridine rings is 1. The highest BCUT2D eigenvalue weighted by molar-refractivity contribution is 5.96. The fourth-order valence-corrected chi connectivity index (χ4v) is 5.14. The van der Waals surface area contributed by atoms with Gasteiger partial charge in [-0.15, -0.1) is 0 Å². The summed E-state index contributed by atoms with van der Waals surface area (Å²) >= 11 is 0. The summed E-state index contributed by atoms with van der Waals surface area (Å²) in [6.07, 6.45) is -5.35. The Balaban J connectivity index is 1.67. The predicted molar refractivity (Wildman–Crippen MR) is 142 cm³/mol. The quantitative estimate of drug-likeness (QED) is 0.456. The van der Waals surface area contributed by atoms with E-state index in [1.54, 1.807) is 0 Å². The number of nitrogens with zero attached hydrogens (tertiary/aromatic N) is 3. The number of rotatable bonds is 8. The molecular weight excluding hydrogens is 567 g/mol. The molecule has 4 rings (SSSR count). The first-order valence-electron chi connectivity index (χ1n) is 13.4. The van der Waals surface area contributed by atoms with Gasteiger partial charge in [0.05, 0.1) is 13.2 Å². The standard InChI is InChI=1S/C28H33F5N4O5/c1-16-22(19-5-6-20(29)23(30)24(19)41-14-11-37-9-12-40-13-10-37)25(42-27(16,3)28(31,32)33)26(39)35-18-7-8-34-21(15-18)36(4)17(2)38/h5-8,15-16,22,25H,9-14H2,1-4H3,(H,34,35,39)/t16-,22-,25+,27+/m0/s1. The van der Waals surface area contributed by atoms with Crippen LogP contribution >= 0.6 is 0 Å². The number of morpholine rings is 1. The van der Waals surface area contributed by atoms with E-state index in [1.165, 1.54) is 44.1 Å². The van der Waals surface area contributed by atoms with Gasteiger partial charge >= 0.3 is 6.18 Å². The summed E-state index contributed by atoms with van der Waals surface area (Å²) in [5.74, 6) is -7.05. The van der Waals surface area contributed by atoms with Gasteiger partial charge in [0.15, 0.2) is 17.2 Å². The molecule has 9 nitrogen and oxygen atoms in total. The highest BCUT2D eigenvalue weighted by Gasteiger charge is 2.66. The van der Waals surface area contributed by atoms with Gasteiger partial charge in [0, 0.05) is 69.0 Å². The maximum Gasteiger partial charge on any atom is 0.417 e. The van der Waals surface area contributed by atoms with E-state index in [0.29, 0.717) is 32.8 Å². The summed E-state index contributed by atoms with van der Waals surface area (Å²) in [6, 6.07) is 4.68. The van der Waals surface area contributed by atoms with Crippen molar-refractivity contribution in [3.63, 3.8) is 0 Å². The van der Waals surface area contributed by atoms with Crippen molar-refractivity contribution in [2.75, 3.05) is 56.7 Å². The van der Waals surface area contributed by atoms with Gasteiger partial charge in [-0.3, -0.25) is 14.5 Å². The zero-order chi connectivity index (χ0) is 30.8. The van der Waals surface area contributed by atoms with Crippen LogP contribution in [-0.2, 0) is 19.1 Å². The first kappa shape index (κ1) is 31.6. The van der Waals surface area contributed by atoms with Crippen molar-refractivity contribution in [3.05, 3.63) is 47.7 Å². The lowest BCUT2D eigenvalue weighted by Gasteiger charge is -2.32. The average molecular weight is 601 g/mol. The molecule has 3 heterocycles. The lowest BCUT2D eigenvalue weighted by Crippen LogP contribution is -2.47. The van der Waals surface area contributed by atoms with E-state index >= 15 is 4.39 Å². The van der Waals surface area contributed by atoms with Gasteiger partial charge in [0.1, 0.15) is 18.5 Å². The summed E-state index contributed by atoms with van der Waals surface area (Å²) in [7, 11) is 1.46. The van der Waals surface area contributed by atoms with Crippen molar-refractivity contribution in [1.82, 2.24) is 9.88 Å². The Labute approximate surface area is 239 Å². The van der Waals surface area contributed by atoms with Gasteiger partial charge in [0.25, 0.3) is 5.91 Å². The molecule has 0 aliphatic carbocycles. The molecule has 0 bridgehead atoms. The number of carbonyl (C=O) groups is 2. The second kappa shape index (κ2) is 12.5. The summed E-state index contributed by atoms with van der Waals surface area (Å²) in [4.78, 5) is 32.5. The second-order valence-corrected chi connectivity index (χ2v) is 10.5. The van der Waals surface area contributed by atoms with E-state index in [2.05, 4.69) is 10.3 Å². The molecule has 42 heavy (non-hydrogen) atoms. The molecule has 1 aromatic carbocycles. The third-order valence-corrected chi connectivity index (χ3v) is 7.95. The fourth-order valence-electron chi connectivity index (χ4n) is 5.14. The molecule has 1 N–H and O–H groups in total. The van der Waals surface area contributed by atoms with E-state index in [1.807, 2.05) is 4.90 Å². The van der Waals surface area contributed by atoms with Crippen LogP contribution in [0, 0.1) is 17.6 Å². The van der Waals surface area contributed by atoms with Crippen molar-refractivity contribution < 1.29 is 45.8 Å². The maximum absolute atomic E-state index is 15.2. The SMILES string of the molecule is CC(=O)N(C)c1cc(NC(=O)[C@@H]2O[C@@](C)(C(F)(F)F)[C@@H](C)[C@H]2c2ccc(F)c(F)c2OCCN2CCOCC2)ccn1. The Hall–Kier alpha value is -3.36. The topological polar surface area (TPSA) is 93.2 Å². The van der Waals surface area contributed by atoms with Gasteiger partial charge in [-0.1, -0.05) is 13.0 Å². The third kappa shape index (κ3) is 6.35. The molecule has 0 unspecified atom stereocenters. The Kier molecular flexibility index (Phi) is 9.38. The number of ether oxygens (including phenoxy) is 3. The smallest absolute Gasteiger partial charge is 0.417 e. The molecule has 4 atom stereocenters. The lowest BCUT2D eigenvalue weighted by molar-refractivity contribution is -0.272. The zero-order valence-corrected chi connectivity index (χ0v) is 23.6. The Morgan fingerprint density at radius 3 is 2.55 bits per heavy atom. The number of hydrogen-bond donors (Lipinski definition) is 1. The number of alkyl halides is 3. The number of anilines is 2. The number of aromatic nitrogens is 1. The van der Waals surface area contributed by atoms with Crippen molar-refractivity contribution >= 4 is 23.3 Å². The molecule has 2 aliphatic rings. The number of nitrogens with one attached hydrogen (secondary N) is 1. The largest absolute Gasteiger partial charge is 0.489 e. The minimum Gasteiger partial charge on any atom is -0.489 e. The number of carbonyl (C=O) groups excluding carboxylic acids is 2. The molecule has 0 saturated carbocycles. The maximum atomic E-state index is 15.2. The van der Waals surface area contributed by atoms with Crippen LogP contribution in [0.3, 0.4) is 0 Å². The Bertz CT molecular complexity index is 1310. The molecule has 2 aliphatic heterocycles. The monoisotopic (exact) mass is 600 g/mol. The summed E-state index contributed by atoms with van der Waals surface area (Å²) < 4.78 is 88.9. The Morgan fingerprint density at radius 2 is 1.90 bits per heavy atom. The Morgan fingerprint density at radius 1 is 1.21 bits per heavy atom. The molecule has 0 radical (unpaired) electrons. The minimum absolute atomic E-state index is 0.0772. The summed E-state index contributed by atoms with van der Waals surface area (Å²) in [5, 5.41) is 2.52. The zero-order valence-electron chi connectivity index (χ0n) is 23.6. The average Bonchev–Trinajstić information content (AvgIpc) is 3.23. The molecule has 230 valence electrons. The number of halogens is 5. The van der Waals surface area contributed by atoms with Crippen LogP contribution < -0.4 is 15.0 Å². The third-order valence-electron chi connectivity index (χ3n) is 7.95. The summed E-state index contributed by atoms with van der Waals surface area (Å²) in [5.41, 5.74) is -2.78. The second-order valence-electron chi connectivity index (χ2n) is 10.5. The van der Waals surface area contributed by atoms with Crippen LogP contribution in [0.4, 0.5) is 33.5 Å². The first-order valence-corrected chi connectivity index (χ1v) is 13.4. The van der Waals surface area contributed by atoms with E-state index in [-0.39, 0.29) is 29.6 Å². The van der Waals surface area contributed by atoms with Crippen LogP contribution in [0.5, 0.6) is 5.75 Å². The first-order chi connectivity index (χ1) is 19.7. The number of hydrogen-bond acceptors (Lipinski definition) is 7. The molecule has 2 fully saturated rings. The predicted octanol–water partition coefficient (Wildman–Crippen LogP) is 4.13. The van der Waals surface area contributed by atoms with Crippen LogP contribution in [-0.4, -0.2) is 86.1 Å². The number of benzene rings is 1. The van der Waals surface area contributed by atoms with E-state index in [0.717, 1.165) is 19.1 Å². The van der Waals surface area contributed by atoms with Gasteiger partial charge in [-0.2, -0.15) is 17.6 Å². The molecule has 2 amide bonds. The van der Waals surface area contributed by atoms with Crippen LogP contribution in [0.2, 0.25) is 0 Å². The molecule has 2 aromatic rings. The van der Waals surface area contributed by atoms with Crippen LogP contribution in [0.1, 0.15) is 32.3 Å². The molecule has 2 saturated heterocycles. The number of amides is 2. The normalized spacial score (nSPS) is 24.8. The molecule has 14 heteroatoms. The van der Waals surface area contributed by atoms with Crippen molar-refractivity contribution in [3.8, 4) is 5.75 Å². The van der Waals surface area contributed by atoms with Crippen molar-refractivity contribution in [2.24, 2.45) is 5.92 Å². The summed E-state index contributed by atoms with van der Waals surface area (Å²) in [6.45, 7) is 5.89. The van der Waals surface area contributed by atoms with Crippen molar-refractivity contribution in [1.29, 1.82) is 0 Å². The van der Waals surface area contributed by atoms with Gasteiger partial charge in [0.2, 0.25) is 11.7 Å². The van der Waals surface area contributed by atoms with Crippen molar-refractivity contribution in [2.45, 2.75) is 44.6 Å².